The fourth-order valence-electron chi connectivity index (χ4n) is 2.81. The molecule has 6 heteroatoms. The van der Waals surface area contributed by atoms with Crippen molar-refractivity contribution >= 4 is 28.3 Å². The van der Waals surface area contributed by atoms with Gasteiger partial charge in [-0.05, 0) is 35.9 Å². The lowest BCUT2D eigenvalue weighted by molar-refractivity contribution is 0.926. The topological polar surface area (TPSA) is 66.5 Å². The molecule has 0 spiro atoms. The molecule has 1 aromatic carbocycles. The van der Waals surface area contributed by atoms with E-state index < -0.39 is 0 Å². The second-order valence-electron chi connectivity index (χ2n) is 5.36. The largest absolute Gasteiger partial charge is 0.361 e. The Bertz CT molecular complexity index is 953. The van der Waals surface area contributed by atoms with Crippen molar-refractivity contribution in [3.63, 3.8) is 0 Å². The van der Waals surface area contributed by atoms with Gasteiger partial charge in [-0.2, -0.15) is 0 Å². The maximum atomic E-state index is 6.45. The van der Waals surface area contributed by atoms with Gasteiger partial charge in [0.2, 0.25) is 0 Å². The molecule has 5 nitrogen and oxygen atoms in total. The van der Waals surface area contributed by atoms with Crippen molar-refractivity contribution in [2.45, 2.75) is 6.04 Å². The second kappa shape index (κ2) is 6.29. The molecule has 3 heterocycles. The molecule has 0 radical (unpaired) electrons. The fraction of sp³-hybridized carbons (Fsp3) is 0.0556. The van der Waals surface area contributed by atoms with Crippen LogP contribution in [0.2, 0.25) is 5.02 Å². The van der Waals surface area contributed by atoms with Crippen LogP contribution in [0.1, 0.15) is 17.2 Å². The first-order chi connectivity index (χ1) is 11.8. The van der Waals surface area contributed by atoms with Gasteiger partial charge in [0.05, 0.1) is 11.1 Å². The Morgan fingerprint density at radius 2 is 1.83 bits per heavy atom. The fourth-order valence-corrected chi connectivity index (χ4v) is 3.10. The van der Waals surface area contributed by atoms with Gasteiger partial charge in [0.25, 0.3) is 0 Å². The minimum absolute atomic E-state index is 0.114. The zero-order valence-electron chi connectivity index (χ0n) is 12.6. The number of nitrogens with one attached hydrogen (secondary N) is 2. The summed E-state index contributed by atoms with van der Waals surface area (Å²) in [4.78, 5) is 15.6. The van der Waals surface area contributed by atoms with Crippen molar-refractivity contribution in [2.24, 2.45) is 0 Å². The van der Waals surface area contributed by atoms with E-state index in [2.05, 4.69) is 25.3 Å². The Morgan fingerprint density at radius 3 is 2.62 bits per heavy atom. The quantitative estimate of drug-likeness (QED) is 0.586. The number of H-pyrrole nitrogens is 1. The molecule has 118 valence electrons. The molecule has 2 N–H and O–H groups in total. The molecule has 0 aliphatic rings. The minimum atomic E-state index is -0.114. The standard InChI is InChI=1S/C18H14ClN5/c19-14-2-1-3-15-17(14)13(10-22-15)18(12-4-7-20-8-5-12)24-16-6-9-21-11-23-16/h1-11,18,22H,(H,21,23,24). The smallest absolute Gasteiger partial charge is 0.130 e. The third-order valence-electron chi connectivity index (χ3n) is 3.91. The van der Waals surface area contributed by atoms with Crippen molar-refractivity contribution in [3.8, 4) is 0 Å². The normalized spacial score (nSPS) is 12.2. The van der Waals surface area contributed by atoms with Gasteiger partial charge in [-0.25, -0.2) is 9.97 Å². The predicted molar refractivity (Wildman–Crippen MR) is 95.0 cm³/mol. The summed E-state index contributed by atoms with van der Waals surface area (Å²) >= 11 is 6.45. The van der Waals surface area contributed by atoms with E-state index in [-0.39, 0.29) is 6.04 Å². The van der Waals surface area contributed by atoms with Crippen LogP contribution < -0.4 is 5.32 Å². The number of pyridine rings is 1. The highest BCUT2D eigenvalue weighted by atomic mass is 35.5. The number of benzene rings is 1. The minimum Gasteiger partial charge on any atom is -0.361 e. The first-order valence-corrected chi connectivity index (χ1v) is 7.88. The molecule has 0 saturated carbocycles. The first-order valence-electron chi connectivity index (χ1n) is 7.51. The Morgan fingerprint density at radius 1 is 1.00 bits per heavy atom. The number of hydrogen-bond acceptors (Lipinski definition) is 4. The zero-order valence-corrected chi connectivity index (χ0v) is 13.4. The maximum absolute atomic E-state index is 6.45. The van der Waals surface area contributed by atoms with E-state index in [9.17, 15) is 0 Å². The van der Waals surface area contributed by atoms with Gasteiger partial charge in [0.15, 0.2) is 0 Å². The lowest BCUT2D eigenvalue weighted by atomic mass is 9.99. The van der Waals surface area contributed by atoms with Crippen molar-refractivity contribution in [2.75, 3.05) is 5.32 Å². The van der Waals surface area contributed by atoms with Crippen LogP contribution in [0.25, 0.3) is 10.9 Å². The van der Waals surface area contributed by atoms with Crippen molar-refractivity contribution < 1.29 is 0 Å². The van der Waals surface area contributed by atoms with Gasteiger partial charge in [-0.15, -0.1) is 0 Å². The average Bonchev–Trinajstić information content (AvgIpc) is 3.07. The van der Waals surface area contributed by atoms with Crippen LogP contribution in [0.3, 0.4) is 0 Å². The number of anilines is 1. The summed E-state index contributed by atoms with van der Waals surface area (Å²) in [6.07, 6.45) is 8.77. The Balaban J connectivity index is 1.86. The summed E-state index contributed by atoms with van der Waals surface area (Å²) in [5.41, 5.74) is 3.13. The number of fused-ring (bicyclic) bond motifs is 1. The van der Waals surface area contributed by atoms with Gasteiger partial charge in [0, 0.05) is 41.3 Å². The van der Waals surface area contributed by atoms with E-state index in [0.29, 0.717) is 5.02 Å². The molecule has 0 aliphatic heterocycles. The highest BCUT2D eigenvalue weighted by Gasteiger charge is 2.20. The number of aromatic nitrogens is 4. The van der Waals surface area contributed by atoms with E-state index in [1.165, 1.54) is 6.33 Å². The number of hydrogen-bond donors (Lipinski definition) is 2. The molecular weight excluding hydrogens is 322 g/mol. The molecule has 0 aliphatic carbocycles. The van der Waals surface area contributed by atoms with Crippen molar-refractivity contribution in [1.29, 1.82) is 0 Å². The van der Waals surface area contributed by atoms with Crippen LogP contribution in [-0.2, 0) is 0 Å². The molecule has 3 aromatic heterocycles. The first kappa shape index (κ1) is 14.7. The molecule has 4 rings (SSSR count). The molecule has 1 atom stereocenters. The van der Waals surface area contributed by atoms with Crippen molar-refractivity contribution in [1.82, 2.24) is 19.9 Å². The van der Waals surface area contributed by atoms with Crippen LogP contribution >= 0.6 is 11.6 Å². The Kier molecular flexibility index (Phi) is 3.84. The van der Waals surface area contributed by atoms with Crippen molar-refractivity contribution in [3.05, 3.63) is 83.7 Å². The third-order valence-corrected chi connectivity index (χ3v) is 4.23. The maximum Gasteiger partial charge on any atom is 0.130 e. The molecule has 0 fully saturated rings. The second-order valence-corrected chi connectivity index (χ2v) is 5.77. The molecular formula is C18H14ClN5. The average molecular weight is 336 g/mol. The van der Waals surface area contributed by atoms with E-state index in [1.807, 2.05) is 42.6 Å². The molecule has 0 saturated heterocycles. The zero-order chi connectivity index (χ0) is 16.4. The number of halogens is 1. The molecule has 1 unspecified atom stereocenters. The van der Waals surface area contributed by atoms with Gasteiger partial charge in [-0.1, -0.05) is 17.7 Å². The van der Waals surface area contributed by atoms with Gasteiger partial charge >= 0.3 is 0 Å². The summed E-state index contributed by atoms with van der Waals surface area (Å²) in [5.74, 6) is 0.744. The van der Waals surface area contributed by atoms with Crippen LogP contribution in [0.5, 0.6) is 0 Å². The van der Waals surface area contributed by atoms with E-state index in [0.717, 1.165) is 27.8 Å². The predicted octanol–water partition coefficient (Wildman–Crippen LogP) is 4.21. The molecule has 0 amide bonds. The van der Waals surface area contributed by atoms with Gasteiger partial charge in [-0.3, -0.25) is 4.98 Å². The number of nitrogens with zero attached hydrogens (tertiary/aromatic N) is 3. The summed E-state index contributed by atoms with van der Waals surface area (Å²) < 4.78 is 0. The summed E-state index contributed by atoms with van der Waals surface area (Å²) in [6.45, 7) is 0. The van der Waals surface area contributed by atoms with Crippen LogP contribution in [0, 0.1) is 0 Å². The third kappa shape index (κ3) is 2.70. The monoisotopic (exact) mass is 335 g/mol. The van der Waals surface area contributed by atoms with Crippen LogP contribution in [-0.4, -0.2) is 19.9 Å². The number of aromatic amines is 1. The Hall–Kier alpha value is -2.92. The molecule has 4 aromatic rings. The summed E-state index contributed by atoms with van der Waals surface area (Å²) in [6, 6.07) is 11.5. The lowest BCUT2D eigenvalue weighted by Gasteiger charge is -2.19. The molecule has 0 bridgehead atoms. The van der Waals surface area contributed by atoms with E-state index in [1.54, 1.807) is 18.6 Å². The van der Waals surface area contributed by atoms with Crippen LogP contribution in [0.15, 0.2) is 67.5 Å². The van der Waals surface area contributed by atoms with Crippen LogP contribution in [0.4, 0.5) is 5.82 Å². The SMILES string of the molecule is Clc1cccc2[nH]cc(C(Nc3ccncn3)c3ccncc3)c12. The van der Waals surface area contributed by atoms with Gasteiger partial charge in [0.1, 0.15) is 12.1 Å². The van der Waals surface area contributed by atoms with Gasteiger partial charge < -0.3 is 10.3 Å². The number of rotatable bonds is 4. The van der Waals surface area contributed by atoms with E-state index in [4.69, 9.17) is 11.6 Å². The highest BCUT2D eigenvalue weighted by Crippen LogP contribution is 2.34. The molecule has 24 heavy (non-hydrogen) atoms. The lowest BCUT2D eigenvalue weighted by Crippen LogP contribution is -2.13. The Labute approximate surface area is 143 Å². The summed E-state index contributed by atoms with van der Waals surface area (Å²) in [7, 11) is 0. The summed E-state index contributed by atoms with van der Waals surface area (Å²) in [5, 5.41) is 5.18. The highest BCUT2D eigenvalue weighted by molar-refractivity contribution is 6.35. The van der Waals surface area contributed by atoms with E-state index >= 15 is 0 Å².